The van der Waals surface area contributed by atoms with Crippen molar-refractivity contribution in [3.63, 3.8) is 0 Å². The van der Waals surface area contributed by atoms with Gasteiger partial charge >= 0.3 is 0 Å². The molecule has 5 heteroatoms. The molecule has 0 fully saturated rings. The van der Waals surface area contributed by atoms with Crippen molar-refractivity contribution in [2.45, 2.75) is 47.1 Å². The van der Waals surface area contributed by atoms with Crippen molar-refractivity contribution in [2.75, 3.05) is 5.32 Å². The highest BCUT2D eigenvalue weighted by molar-refractivity contribution is 9.10. The topological polar surface area (TPSA) is 41.5 Å². The Kier molecular flexibility index (Phi) is 9.21. The molecule has 1 unspecified atom stereocenters. The fourth-order valence-corrected chi connectivity index (χ4v) is 2.83. The maximum absolute atomic E-state index is 14.2. The summed E-state index contributed by atoms with van der Waals surface area (Å²) in [5.41, 5.74) is 2.26. The molecule has 140 valence electrons. The predicted octanol–water partition coefficient (Wildman–Crippen LogP) is 6.21. The third kappa shape index (κ3) is 5.01. The van der Waals surface area contributed by atoms with Crippen LogP contribution in [-0.4, -0.2) is 17.7 Å². The molecular weight excluding hydrogens is 395 g/mol. The molecule has 1 aliphatic heterocycles. The van der Waals surface area contributed by atoms with Crippen LogP contribution < -0.4 is 5.32 Å². The third-order valence-corrected chi connectivity index (χ3v) is 4.09. The summed E-state index contributed by atoms with van der Waals surface area (Å²) >= 11 is 3.42. The molecule has 0 spiro atoms. The third-order valence-electron chi connectivity index (χ3n) is 3.60. The second-order valence-electron chi connectivity index (χ2n) is 5.06. The van der Waals surface area contributed by atoms with Crippen LogP contribution in [0.5, 0.6) is 0 Å². The summed E-state index contributed by atoms with van der Waals surface area (Å²) < 4.78 is 15.1. The van der Waals surface area contributed by atoms with Crippen molar-refractivity contribution >= 4 is 33.2 Å². The number of nitrogens with zero attached hydrogens (tertiary/aromatic N) is 1. The molecule has 0 aromatic heterocycles. The van der Waals surface area contributed by atoms with Crippen LogP contribution in [0.4, 0.5) is 10.1 Å². The predicted molar refractivity (Wildman–Crippen MR) is 112 cm³/mol. The number of nitrogens with one attached hydrogen (secondary N) is 1. The number of anilines is 1. The highest BCUT2D eigenvalue weighted by Crippen LogP contribution is 2.28. The second kappa shape index (κ2) is 10.9. The highest BCUT2D eigenvalue weighted by Gasteiger charge is 2.25. The zero-order chi connectivity index (χ0) is 19.7. The zero-order valence-corrected chi connectivity index (χ0v) is 17.5. The van der Waals surface area contributed by atoms with Crippen LogP contribution in [0.3, 0.4) is 0 Å². The fraction of sp³-hybridized carbons (Fsp3) is 0.333. The molecule has 2 aromatic carbocycles. The van der Waals surface area contributed by atoms with E-state index in [1.807, 2.05) is 46.8 Å². The lowest BCUT2D eigenvalue weighted by Gasteiger charge is -2.11. The van der Waals surface area contributed by atoms with E-state index in [2.05, 4.69) is 26.2 Å². The van der Waals surface area contributed by atoms with E-state index in [-0.39, 0.29) is 11.7 Å². The minimum Gasteiger partial charge on any atom is -0.324 e. The normalized spacial score (nSPS) is 15.1. The van der Waals surface area contributed by atoms with Crippen molar-refractivity contribution in [1.29, 1.82) is 0 Å². The van der Waals surface area contributed by atoms with E-state index in [4.69, 9.17) is 0 Å². The number of amides is 1. The van der Waals surface area contributed by atoms with Crippen molar-refractivity contribution in [2.24, 2.45) is 4.99 Å². The molecule has 0 saturated heterocycles. The van der Waals surface area contributed by atoms with Crippen molar-refractivity contribution in [3.05, 3.63) is 63.9 Å². The number of hydrogen-bond donors (Lipinski definition) is 1. The van der Waals surface area contributed by atoms with Crippen LogP contribution in [0, 0.1) is 5.82 Å². The average Bonchev–Trinajstić information content (AvgIpc) is 2.81. The molecule has 0 bridgehead atoms. The molecule has 1 atom stereocenters. The molecule has 0 saturated carbocycles. The number of halogens is 2. The Morgan fingerprint density at radius 2 is 1.73 bits per heavy atom. The van der Waals surface area contributed by atoms with Crippen LogP contribution in [0.2, 0.25) is 0 Å². The SMILES string of the molecule is CC.CC.CCC1N=C(c2ccccc2F)c2cc(Br)ccc2NC1=O. The molecule has 0 aliphatic carbocycles. The molecule has 0 radical (unpaired) electrons. The first-order chi connectivity index (χ1) is 12.6. The quantitative estimate of drug-likeness (QED) is 0.616. The second-order valence-corrected chi connectivity index (χ2v) is 5.98. The van der Waals surface area contributed by atoms with Gasteiger partial charge in [-0.25, -0.2) is 4.39 Å². The first-order valence-electron chi connectivity index (χ1n) is 9.03. The molecule has 3 nitrogen and oxygen atoms in total. The number of benzene rings is 2. The van der Waals surface area contributed by atoms with Crippen molar-refractivity contribution in [1.82, 2.24) is 0 Å². The Hall–Kier alpha value is -2.01. The lowest BCUT2D eigenvalue weighted by atomic mass is 10.00. The van der Waals surface area contributed by atoms with Gasteiger partial charge in [-0.2, -0.15) is 0 Å². The molecule has 2 aromatic rings. The number of fused-ring (bicyclic) bond motifs is 1. The van der Waals surface area contributed by atoms with Gasteiger partial charge in [0.2, 0.25) is 5.91 Å². The molecule has 26 heavy (non-hydrogen) atoms. The van der Waals surface area contributed by atoms with Gasteiger partial charge in [0.15, 0.2) is 0 Å². The minimum atomic E-state index is -0.527. The van der Waals surface area contributed by atoms with Crippen LogP contribution in [-0.2, 0) is 4.79 Å². The summed E-state index contributed by atoms with van der Waals surface area (Å²) in [7, 11) is 0. The largest absolute Gasteiger partial charge is 0.324 e. The number of rotatable bonds is 2. The van der Waals surface area contributed by atoms with Gasteiger partial charge in [-0.3, -0.25) is 9.79 Å². The van der Waals surface area contributed by atoms with E-state index in [1.165, 1.54) is 6.07 Å². The van der Waals surface area contributed by atoms with Gasteiger partial charge in [0.25, 0.3) is 0 Å². The Morgan fingerprint density at radius 1 is 1.08 bits per heavy atom. The summed E-state index contributed by atoms with van der Waals surface area (Å²) in [6.45, 7) is 9.89. The molecule has 1 heterocycles. The zero-order valence-electron chi connectivity index (χ0n) is 15.9. The van der Waals surface area contributed by atoms with Crippen LogP contribution in [0.1, 0.15) is 52.2 Å². The summed E-state index contributed by atoms with van der Waals surface area (Å²) in [5, 5.41) is 2.87. The number of hydrogen-bond acceptors (Lipinski definition) is 2. The van der Waals surface area contributed by atoms with E-state index < -0.39 is 6.04 Å². The van der Waals surface area contributed by atoms with E-state index in [1.54, 1.807) is 24.3 Å². The summed E-state index contributed by atoms with van der Waals surface area (Å²) in [6, 6.07) is 11.4. The van der Waals surface area contributed by atoms with Gasteiger partial charge in [-0.15, -0.1) is 0 Å². The number of benzodiazepines with no additional fused rings is 1. The Labute approximate surface area is 163 Å². The van der Waals surface area contributed by atoms with Crippen molar-refractivity contribution < 1.29 is 9.18 Å². The van der Waals surface area contributed by atoms with Gasteiger partial charge in [0, 0.05) is 15.6 Å². The lowest BCUT2D eigenvalue weighted by molar-refractivity contribution is -0.117. The summed E-state index contributed by atoms with van der Waals surface area (Å²) in [6.07, 6.45) is 0.555. The van der Waals surface area contributed by atoms with E-state index in [9.17, 15) is 9.18 Å². The number of carbonyl (C=O) groups is 1. The summed E-state index contributed by atoms with van der Waals surface area (Å²) in [5.74, 6) is -0.520. The highest BCUT2D eigenvalue weighted by atomic mass is 79.9. The van der Waals surface area contributed by atoms with Crippen LogP contribution >= 0.6 is 15.9 Å². The number of carbonyl (C=O) groups excluding carboxylic acids is 1. The van der Waals surface area contributed by atoms with Gasteiger partial charge in [0.05, 0.1) is 11.4 Å². The first kappa shape index (κ1) is 22.0. The van der Waals surface area contributed by atoms with Gasteiger partial charge in [-0.1, -0.05) is 62.7 Å². The summed E-state index contributed by atoms with van der Waals surface area (Å²) in [4.78, 5) is 16.8. The monoisotopic (exact) mass is 420 g/mol. The first-order valence-corrected chi connectivity index (χ1v) is 9.83. The maximum Gasteiger partial charge on any atom is 0.249 e. The maximum atomic E-state index is 14.2. The fourth-order valence-electron chi connectivity index (χ4n) is 2.47. The lowest BCUT2D eigenvalue weighted by Crippen LogP contribution is -2.24. The molecular formula is C21H26BrFN2O. The minimum absolute atomic E-state index is 0.169. The van der Waals surface area contributed by atoms with Gasteiger partial charge < -0.3 is 5.32 Å². The van der Waals surface area contributed by atoms with Crippen LogP contribution in [0.25, 0.3) is 0 Å². The standard InChI is InChI=1S/C17H14BrFN2O.2C2H6/c1-2-14-17(22)21-15-8-7-10(18)9-12(15)16(20-14)11-5-3-4-6-13(11)19;2*1-2/h3-9,14H,2H2,1H3,(H,21,22);2*1-2H3. The average molecular weight is 421 g/mol. The van der Waals surface area contributed by atoms with E-state index in [0.29, 0.717) is 28.9 Å². The Morgan fingerprint density at radius 3 is 2.35 bits per heavy atom. The molecule has 1 aliphatic rings. The Balaban J connectivity index is 0.000000791. The van der Waals surface area contributed by atoms with Gasteiger partial charge in [0.1, 0.15) is 11.9 Å². The van der Waals surface area contributed by atoms with Crippen LogP contribution in [0.15, 0.2) is 51.9 Å². The van der Waals surface area contributed by atoms with Gasteiger partial charge in [-0.05, 0) is 36.8 Å². The molecule has 3 rings (SSSR count). The smallest absolute Gasteiger partial charge is 0.249 e. The van der Waals surface area contributed by atoms with E-state index in [0.717, 1.165) is 4.47 Å². The van der Waals surface area contributed by atoms with Crippen molar-refractivity contribution in [3.8, 4) is 0 Å². The number of aliphatic imine (C=N–C) groups is 1. The molecule has 1 amide bonds. The molecule has 1 N–H and O–H groups in total. The Bertz CT molecular complexity index is 774. The van der Waals surface area contributed by atoms with E-state index >= 15 is 0 Å².